The van der Waals surface area contributed by atoms with E-state index >= 15 is 0 Å². The van der Waals surface area contributed by atoms with E-state index in [2.05, 4.69) is 6.92 Å². The Labute approximate surface area is 120 Å². The predicted molar refractivity (Wildman–Crippen MR) is 77.7 cm³/mol. The van der Waals surface area contributed by atoms with Gasteiger partial charge in [0.15, 0.2) is 0 Å². The Morgan fingerprint density at radius 1 is 1.40 bits per heavy atom. The number of carbonyl (C=O) groups excluding carboxylic acids is 1. The van der Waals surface area contributed by atoms with Gasteiger partial charge in [0.05, 0.1) is 25.7 Å². The summed E-state index contributed by atoms with van der Waals surface area (Å²) in [7, 11) is 0. The second-order valence-corrected chi connectivity index (χ2v) is 5.36. The first-order valence-electron chi connectivity index (χ1n) is 7.27. The molecule has 1 aliphatic heterocycles. The maximum Gasteiger partial charge on any atom is 0.227 e. The maximum absolute atomic E-state index is 12.3. The van der Waals surface area contributed by atoms with Gasteiger partial charge in [-0.25, -0.2) is 0 Å². The summed E-state index contributed by atoms with van der Waals surface area (Å²) in [6.07, 6.45) is 1.36. The molecule has 0 aromatic heterocycles. The van der Waals surface area contributed by atoms with Crippen LogP contribution in [0.2, 0.25) is 0 Å². The molecule has 20 heavy (non-hydrogen) atoms. The van der Waals surface area contributed by atoms with E-state index in [0.29, 0.717) is 18.9 Å². The van der Waals surface area contributed by atoms with Crippen molar-refractivity contribution in [3.8, 4) is 5.75 Å². The Morgan fingerprint density at radius 3 is 2.70 bits per heavy atom. The van der Waals surface area contributed by atoms with Gasteiger partial charge in [-0.1, -0.05) is 19.1 Å². The highest BCUT2D eigenvalue weighted by Crippen LogP contribution is 2.24. The summed E-state index contributed by atoms with van der Waals surface area (Å²) in [5, 5.41) is 9.41. The van der Waals surface area contributed by atoms with Crippen LogP contribution in [0.15, 0.2) is 24.3 Å². The number of hydrogen-bond acceptors (Lipinski definition) is 3. The molecule has 4 heteroatoms. The first-order valence-corrected chi connectivity index (χ1v) is 7.27. The normalized spacial score (nSPS) is 22.1. The predicted octanol–water partition coefficient (Wildman–Crippen LogP) is 1.86. The zero-order chi connectivity index (χ0) is 14.5. The van der Waals surface area contributed by atoms with E-state index in [1.54, 1.807) is 0 Å². The molecule has 110 valence electrons. The largest absolute Gasteiger partial charge is 0.494 e. The number of hydrogen-bond donors (Lipinski definition) is 1. The molecule has 2 unspecified atom stereocenters. The molecule has 1 aromatic rings. The zero-order valence-corrected chi connectivity index (χ0v) is 12.2. The van der Waals surface area contributed by atoms with Crippen molar-refractivity contribution in [3.05, 3.63) is 29.8 Å². The SMILES string of the molecule is CCOc1ccc(CC(=O)N2CCC(C)C2CO)cc1. The lowest BCUT2D eigenvalue weighted by atomic mass is 10.0. The summed E-state index contributed by atoms with van der Waals surface area (Å²) in [5.74, 6) is 1.30. The number of ether oxygens (including phenoxy) is 1. The van der Waals surface area contributed by atoms with Gasteiger partial charge < -0.3 is 14.7 Å². The van der Waals surface area contributed by atoms with Crippen molar-refractivity contribution in [1.82, 2.24) is 4.90 Å². The highest BCUT2D eigenvalue weighted by atomic mass is 16.5. The van der Waals surface area contributed by atoms with Gasteiger partial charge in [-0.3, -0.25) is 4.79 Å². The molecule has 4 nitrogen and oxygen atoms in total. The van der Waals surface area contributed by atoms with Crippen LogP contribution < -0.4 is 4.74 Å². The maximum atomic E-state index is 12.3. The Kier molecular flexibility index (Phi) is 5.01. The lowest BCUT2D eigenvalue weighted by molar-refractivity contribution is -0.132. The molecule has 1 heterocycles. The Morgan fingerprint density at radius 2 is 2.10 bits per heavy atom. The van der Waals surface area contributed by atoms with Crippen LogP contribution in [0, 0.1) is 5.92 Å². The molecule has 1 fully saturated rings. The molecule has 0 spiro atoms. The summed E-state index contributed by atoms with van der Waals surface area (Å²) in [4.78, 5) is 14.1. The van der Waals surface area contributed by atoms with Crippen LogP contribution in [-0.4, -0.2) is 41.7 Å². The van der Waals surface area contributed by atoms with E-state index in [0.717, 1.165) is 24.3 Å². The minimum atomic E-state index is -0.0230. The van der Waals surface area contributed by atoms with Gasteiger partial charge in [0, 0.05) is 6.54 Å². The topological polar surface area (TPSA) is 49.8 Å². The monoisotopic (exact) mass is 277 g/mol. The average Bonchev–Trinajstić information content (AvgIpc) is 2.82. The molecule has 1 saturated heterocycles. The van der Waals surface area contributed by atoms with Crippen molar-refractivity contribution in [2.75, 3.05) is 19.8 Å². The number of nitrogens with zero attached hydrogens (tertiary/aromatic N) is 1. The Balaban J connectivity index is 1.97. The number of amides is 1. The van der Waals surface area contributed by atoms with Crippen molar-refractivity contribution in [1.29, 1.82) is 0 Å². The third-order valence-electron chi connectivity index (χ3n) is 3.98. The third kappa shape index (κ3) is 3.31. The van der Waals surface area contributed by atoms with Crippen LogP contribution in [0.5, 0.6) is 5.75 Å². The quantitative estimate of drug-likeness (QED) is 0.893. The molecule has 0 bridgehead atoms. The van der Waals surface area contributed by atoms with Crippen LogP contribution in [0.4, 0.5) is 0 Å². The molecule has 0 saturated carbocycles. The number of aliphatic hydroxyl groups is 1. The van der Waals surface area contributed by atoms with Crippen molar-refractivity contribution in [2.45, 2.75) is 32.7 Å². The van der Waals surface area contributed by atoms with Crippen LogP contribution in [0.1, 0.15) is 25.8 Å². The second-order valence-electron chi connectivity index (χ2n) is 5.36. The summed E-state index contributed by atoms with van der Waals surface area (Å²) in [6, 6.07) is 7.61. The van der Waals surface area contributed by atoms with E-state index in [1.165, 1.54) is 0 Å². The van der Waals surface area contributed by atoms with Crippen molar-refractivity contribution < 1.29 is 14.6 Å². The van der Waals surface area contributed by atoms with Gasteiger partial charge in [0.2, 0.25) is 5.91 Å². The van der Waals surface area contributed by atoms with Gasteiger partial charge in [-0.15, -0.1) is 0 Å². The molecular weight excluding hydrogens is 254 g/mol. The van der Waals surface area contributed by atoms with Crippen molar-refractivity contribution in [3.63, 3.8) is 0 Å². The molecule has 1 N–H and O–H groups in total. The fraction of sp³-hybridized carbons (Fsp3) is 0.562. The van der Waals surface area contributed by atoms with Crippen molar-refractivity contribution in [2.24, 2.45) is 5.92 Å². The van der Waals surface area contributed by atoms with Gasteiger partial charge >= 0.3 is 0 Å². The van der Waals surface area contributed by atoms with E-state index in [4.69, 9.17) is 4.74 Å². The number of benzene rings is 1. The summed E-state index contributed by atoms with van der Waals surface area (Å²) in [6.45, 7) is 5.48. The van der Waals surface area contributed by atoms with Gasteiger partial charge in [-0.2, -0.15) is 0 Å². The highest BCUT2D eigenvalue weighted by Gasteiger charge is 2.33. The molecule has 1 aliphatic rings. The van der Waals surface area contributed by atoms with E-state index in [1.807, 2.05) is 36.1 Å². The first-order chi connectivity index (χ1) is 9.65. The van der Waals surface area contributed by atoms with E-state index in [-0.39, 0.29) is 18.6 Å². The standard InChI is InChI=1S/C16H23NO3/c1-3-20-14-6-4-13(5-7-14)10-16(19)17-9-8-12(2)15(17)11-18/h4-7,12,15,18H,3,8-11H2,1-2H3. The summed E-state index contributed by atoms with van der Waals surface area (Å²) in [5.41, 5.74) is 0.981. The average molecular weight is 277 g/mol. The number of carbonyl (C=O) groups is 1. The molecule has 1 amide bonds. The molecule has 2 atom stereocenters. The van der Waals surface area contributed by atoms with Crippen molar-refractivity contribution >= 4 is 5.91 Å². The van der Waals surface area contributed by atoms with Crippen LogP contribution in [0.25, 0.3) is 0 Å². The smallest absolute Gasteiger partial charge is 0.227 e. The zero-order valence-electron chi connectivity index (χ0n) is 12.2. The molecule has 0 aliphatic carbocycles. The fourth-order valence-electron chi connectivity index (χ4n) is 2.74. The van der Waals surface area contributed by atoms with Gasteiger partial charge in [0.25, 0.3) is 0 Å². The molecular formula is C16H23NO3. The summed E-state index contributed by atoms with van der Waals surface area (Å²) >= 11 is 0. The first kappa shape index (κ1) is 14.9. The lowest BCUT2D eigenvalue weighted by Crippen LogP contribution is -2.40. The minimum Gasteiger partial charge on any atom is -0.494 e. The minimum absolute atomic E-state index is 0.0230. The third-order valence-corrected chi connectivity index (χ3v) is 3.98. The second kappa shape index (κ2) is 6.75. The van der Waals surface area contributed by atoms with Crippen LogP contribution in [0.3, 0.4) is 0 Å². The molecule has 1 aromatic carbocycles. The number of likely N-dealkylation sites (tertiary alicyclic amines) is 1. The van der Waals surface area contributed by atoms with Gasteiger partial charge in [0.1, 0.15) is 5.75 Å². The van der Waals surface area contributed by atoms with E-state index in [9.17, 15) is 9.90 Å². The lowest BCUT2D eigenvalue weighted by Gasteiger charge is -2.25. The number of rotatable bonds is 5. The van der Waals surface area contributed by atoms with Crippen LogP contribution >= 0.6 is 0 Å². The van der Waals surface area contributed by atoms with Gasteiger partial charge in [-0.05, 0) is 37.0 Å². The fourth-order valence-corrected chi connectivity index (χ4v) is 2.74. The molecule has 0 radical (unpaired) electrons. The summed E-state index contributed by atoms with van der Waals surface area (Å²) < 4.78 is 5.39. The Hall–Kier alpha value is -1.55. The molecule has 2 rings (SSSR count). The Bertz CT molecular complexity index is 444. The number of aliphatic hydroxyl groups excluding tert-OH is 1. The van der Waals surface area contributed by atoms with Crippen LogP contribution in [-0.2, 0) is 11.2 Å². The van der Waals surface area contributed by atoms with E-state index < -0.39 is 0 Å². The highest BCUT2D eigenvalue weighted by molar-refractivity contribution is 5.79.